The fourth-order valence-electron chi connectivity index (χ4n) is 2.96. The first-order valence-electron chi connectivity index (χ1n) is 7.12. The van der Waals surface area contributed by atoms with E-state index in [1.807, 2.05) is 12.1 Å². The third-order valence-electron chi connectivity index (χ3n) is 3.81. The quantitative estimate of drug-likeness (QED) is 0.912. The van der Waals surface area contributed by atoms with Crippen LogP contribution in [0.25, 0.3) is 5.65 Å². The number of hydrogen-bond acceptors (Lipinski definition) is 4. The Balaban J connectivity index is 1.77. The van der Waals surface area contributed by atoms with E-state index in [1.54, 1.807) is 12.3 Å². The molecular formula is C15H18BrN3O2. The number of pyridine rings is 1. The van der Waals surface area contributed by atoms with Crippen LogP contribution < -0.4 is 5.56 Å². The van der Waals surface area contributed by atoms with Crippen molar-refractivity contribution >= 4 is 21.6 Å². The fourth-order valence-corrected chi connectivity index (χ4v) is 3.29. The summed E-state index contributed by atoms with van der Waals surface area (Å²) in [4.78, 5) is 18.7. The number of likely N-dealkylation sites (tertiary alicyclic amines) is 1. The van der Waals surface area contributed by atoms with Gasteiger partial charge in [0.15, 0.2) is 0 Å². The van der Waals surface area contributed by atoms with Crippen LogP contribution in [0.1, 0.15) is 25.5 Å². The minimum atomic E-state index is -0.550. The largest absolute Gasteiger partial charge is 0.387 e. The summed E-state index contributed by atoms with van der Waals surface area (Å²) in [7, 11) is 0. The van der Waals surface area contributed by atoms with Crippen molar-refractivity contribution in [2.75, 3.05) is 13.1 Å². The van der Waals surface area contributed by atoms with Gasteiger partial charge in [-0.2, -0.15) is 0 Å². The molecule has 1 N–H and O–H groups in total. The molecule has 3 rings (SSSR count). The van der Waals surface area contributed by atoms with Crippen LogP contribution in [0.2, 0.25) is 0 Å². The molecule has 2 aromatic heterocycles. The first-order valence-corrected chi connectivity index (χ1v) is 7.91. The lowest BCUT2D eigenvalue weighted by atomic mass is 9.89. The maximum absolute atomic E-state index is 12.1. The Bertz CT molecular complexity index is 722. The Morgan fingerprint density at radius 2 is 2.19 bits per heavy atom. The third-order valence-corrected chi connectivity index (χ3v) is 4.28. The molecule has 5 nitrogen and oxygen atoms in total. The number of aromatic nitrogens is 2. The molecule has 0 radical (unpaired) electrons. The van der Waals surface area contributed by atoms with Crippen LogP contribution in [0.3, 0.4) is 0 Å². The zero-order valence-corrected chi connectivity index (χ0v) is 13.5. The summed E-state index contributed by atoms with van der Waals surface area (Å²) in [6.07, 6.45) is 3.53. The molecule has 2 aromatic rings. The zero-order chi connectivity index (χ0) is 15.0. The molecule has 3 heterocycles. The molecule has 1 aliphatic heterocycles. The zero-order valence-electron chi connectivity index (χ0n) is 11.9. The highest BCUT2D eigenvalue weighted by Gasteiger charge is 2.39. The summed E-state index contributed by atoms with van der Waals surface area (Å²) >= 11 is 3.35. The molecule has 0 aliphatic carbocycles. The van der Waals surface area contributed by atoms with E-state index in [0.717, 1.165) is 23.0 Å². The molecule has 0 unspecified atom stereocenters. The van der Waals surface area contributed by atoms with Crippen molar-refractivity contribution in [3.63, 3.8) is 0 Å². The lowest BCUT2D eigenvalue weighted by Crippen LogP contribution is -2.61. The van der Waals surface area contributed by atoms with Gasteiger partial charge in [-0.3, -0.25) is 14.1 Å². The molecule has 0 atom stereocenters. The van der Waals surface area contributed by atoms with Crippen molar-refractivity contribution in [2.45, 2.75) is 31.9 Å². The highest BCUT2D eigenvalue weighted by atomic mass is 79.9. The van der Waals surface area contributed by atoms with E-state index in [4.69, 9.17) is 0 Å². The Kier molecular flexibility index (Phi) is 3.86. The van der Waals surface area contributed by atoms with E-state index in [9.17, 15) is 9.90 Å². The predicted octanol–water partition coefficient (Wildman–Crippen LogP) is 1.80. The monoisotopic (exact) mass is 351 g/mol. The van der Waals surface area contributed by atoms with Gasteiger partial charge in [0.2, 0.25) is 0 Å². The van der Waals surface area contributed by atoms with Crippen molar-refractivity contribution < 1.29 is 5.11 Å². The van der Waals surface area contributed by atoms with Gasteiger partial charge in [-0.15, -0.1) is 0 Å². The second-order valence-corrected chi connectivity index (χ2v) is 6.70. The number of aliphatic hydroxyl groups is 1. The highest BCUT2D eigenvalue weighted by molar-refractivity contribution is 9.10. The van der Waals surface area contributed by atoms with Crippen molar-refractivity contribution in [1.29, 1.82) is 0 Å². The van der Waals surface area contributed by atoms with Crippen LogP contribution in [0.4, 0.5) is 0 Å². The Hall–Kier alpha value is -1.24. The van der Waals surface area contributed by atoms with Crippen LogP contribution in [0.5, 0.6) is 0 Å². The van der Waals surface area contributed by atoms with Crippen molar-refractivity contribution in [3.8, 4) is 0 Å². The standard InChI is InChI=1S/C15H18BrN3O2/c1-2-5-15(21)9-18(10-15)8-12-6-14(20)19-7-11(16)3-4-13(19)17-12/h3-4,6-7,21H,2,5,8-10H2,1H3. The summed E-state index contributed by atoms with van der Waals surface area (Å²) in [6, 6.07) is 5.25. The van der Waals surface area contributed by atoms with Gasteiger partial charge in [0.25, 0.3) is 5.56 Å². The van der Waals surface area contributed by atoms with Gasteiger partial charge >= 0.3 is 0 Å². The smallest absolute Gasteiger partial charge is 0.258 e. The van der Waals surface area contributed by atoms with Gasteiger partial charge in [-0.05, 0) is 34.5 Å². The van der Waals surface area contributed by atoms with E-state index in [1.165, 1.54) is 4.40 Å². The van der Waals surface area contributed by atoms with Gasteiger partial charge in [0, 0.05) is 36.4 Å². The van der Waals surface area contributed by atoms with E-state index in [2.05, 4.69) is 32.7 Å². The van der Waals surface area contributed by atoms with Gasteiger partial charge < -0.3 is 5.11 Å². The number of nitrogens with zero attached hydrogens (tertiary/aromatic N) is 3. The lowest BCUT2D eigenvalue weighted by Gasteiger charge is -2.46. The molecule has 6 heteroatoms. The van der Waals surface area contributed by atoms with Crippen LogP contribution in [-0.2, 0) is 6.54 Å². The molecular weight excluding hydrogens is 334 g/mol. The average molecular weight is 352 g/mol. The van der Waals surface area contributed by atoms with Crippen molar-refractivity contribution in [3.05, 3.63) is 44.9 Å². The first-order chi connectivity index (χ1) is 9.99. The average Bonchev–Trinajstić information content (AvgIpc) is 2.38. The Morgan fingerprint density at radius 1 is 1.43 bits per heavy atom. The summed E-state index contributed by atoms with van der Waals surface area (Å²) in [5.74, 6) is 0. The molecule has 112 valence electrons. The number of halogens is 1. The number of fused-ring (bicyclic) bond motifs is 1. The molecule has 1 aliphatic rings. The summed E-state index contributed by atoms with van der Waals surface area (Å²) in [5, 5.41) is 10.2. The van der Waals surface area contributed by atoms with E-state index < -0.39 is 5.60 Å². The van der Waals surface area contributed by atoms with Gasteiger partial charge in [0.05, 0.1) is 11.3 Å². The van der Waals surface area contributed by atoms with Crippen molar-refractivity contribution in [2.24, 2.45) is 0 Å². The van der Waals surface area contributed by atoms with Crippen LogP contribution in [0, 0.1) is 0 Å². The van der Waals surface area contributed by atoms with E-state index in [0.29, 0.717) is 25.3 Å². The molecule has 0 spiro atoms. The van der Waals surface area contributed by atoms with Crippen LogP contribution >= 0.6 is 15.9 Å². The van der Waals surface area contributed by atoms with Crippen LogP contribution in [-0.4, -0.2) is 38.1 Å². The number of rotatable bonds is 4. The molecule has 21 heavy (non-hydrogen) atoms. The summed E-state index contributed by atoms with van der Waals surface area (Å²) in [5.41, 5.74) is 0.762. The minimum Gasteiger partial charge on any atom is -0.387 e. The molecule has 0 amide bonds. The van der Waals surface area contributed by atoms with Gasteiger partial charge in [-0.1, -0.05) is 13.3 Å². The topological polar surface area (TPSA) is 57.8 Å². The lowest BCUT2D eigenvalue weighted by molar-refractivity contribution is -0.107. The third kappa shape index (κ3) is 3.02. The maximum Gasteiger partial charge on any atom is 0.258 e. The first kappa shape index (κ1) is 14.7. The fraction of sp³-hybridized carbons (Fsp3) is 0.467. The minimum absolute atomic E-state index is 0.0827. The molecule has 0 bridgehead atoms. The predicted molar refractivity (Wildman–Crippen MR) is 84.3 cm³/mol. The second kappa shape index (κ2) is 5.51. The Labute approximate surface area is 131 Å². The second-order valence-electron chi connectivity index (χ2n) is 5.78. The molecule has 0 aromatic carbocycles. The van der Waals surface area contributed by atoms with Crippen molar-refractivity contribution in [1.82, 2.24) is 14.3 Å². The molecule has 0 saturated carbocycles. The van der Waals surface area contributed by atoms with E-state index >= 15 is 0 Å². The summed E-state index contributed by atoms with van der Waals surface area (Å²) in [6.45, 7) is 3.99. The van der Waals surface area contributed by atoms with Gasteiger partial charge in [0.1, 0.15) is 5.65 Å². The van der Waals surface area contributed by atoms with Gasteiger partial charge in [-0.25, -0.2) is 4.98 Å². The number of hydrogen-bond donors (Lipinski definition) is 1. The Morgan fingerprint density at radius 3 is 2.90 bits per heavy atom. The molecule has 1 fully saturated rings. The highest BCUT2D eigenvalue weighted by Crippen LogP contribution is 2.26. The SMILES string of the molecule is CCCC1(O)CN(Cc2cc(=O)n3cc(Br)ccc3n2)C1. The maximum atomic E-state index is 12.1. The van der Waals surface area contributed by atoms with E-state index in [-0.39, 0.29) is 5.56 Å². The number of β-amino-alcohol motifs (C(OH)–C–C–N with tert-alkyl or cyclic N) is 1. The summed E-state index contributed by atoms with van der Waals surface area (Å²) < 4.78 is 2.37. The van der Waals surface area contributed by atoms with Crippen LogP contribution in [0.15, 0.2) is 33.7 Å². The normalized spacial score (nSPS) is 17.9. The molecule has 1 saturated heterocycles.